The van der Waals surface area contributed by atoms with E-state index in [-0.39, 0.29) is 0 Å². The van der Waals surface area contributed by atoms with Gasteiger partial charge in [-0.15, -0.1) is 0 Å². The molecule has 1 aliphatic carbocycles. The van der Waals surface area contributed by atoms with Crippen molar-refractivity contribution in [1.82, 2.24) is 10.3 Å². The fourth-order valence-electron chi connectivity index (χ4n) is 2.99. The molecule has 0 aliphatic heterocycles. The maximum absolute atomic E-state index is 4.63. The van der Waals surface area contributed by atoms with Crippen molar-refractivity contribution in [1.29, 1.82) is 0 Å². The molecule has 2 nitrogen and oxygen atoms in total. The lowest BCUT2D eigenvalue weighted by atomic mass is 9.82. The zero-order valence-electron chi connectivity index (χ0n) is 13.2. The maximum atomic E-state index is 4.63. The fraction of sp³-hybridized carbons (Fsp3) is 0.611. The van der Waals surface area contributed by atoms with E-state index in [9.17, 15) is 0 Å². The molecule has 0 fully saturated rings. The molecule has 1 aliphatic rings. The van der Waals surface area contributed by atoms with E-state index in [1.807, 2.05) is 6.20 Å². The van der Waals surface area contributed by atoms with Gasteiger partial charge in [0.1, 0.15) is 0 Å². The van der Waals surface area contributed by atoms with Crippen molar-refractivity contribution < 1.29 is 0 Å². The Morgan fingerprint density at radius 1 is 1.50 bits per heavy atom. The Labute approximate surface area is 123 Å². The zero-order valence-corrected chi connectivity index (χ0v) is 13.2. The van der Waals surface area contributed by atoms with E-state index in [2.05, 4.69) is 49.3 Å². The largest absolute Gasteiger partial charge is 0.316 e. The van der Waals surface area contributed by atoms with Gasteiger partial charge < -0.3 is 5.32 Å². The minimum absolute atomic E-state index is 0.546. The van der Waals surface area contributed by atoms with Crippen molar-refractivity contribution in [3.05, 3.63) is 41.2 Å². The molecule has 2 rings (SSSR count). The number of allylic oxidation sites excluding steroid dienone is 1. The first-order valence-electron chi connectivity index (χ1n) is 7.99. The van der Waals surface area contributed by atoms with Crippen LogP contribution in [-0.4, -0.2) is 18.1 Å². The molecule has 110 valence electrons. The van der Waals surface area contributed by atoms with Crippen LogP contribution in [0.3, 0.4) is 0 Å². The molecule has 1 heterocycles. The van der Waals surface area contributed by atoms with E-state index in [0.29, 0.717) is 5.92 Å². The van der Waals surface area contributed by atoms with Crippen molar-refractivity contribution in [2.75, 3.05) is 13.1 Å². The topological polar surface area (TPSA) is 24.9 Å². The number of nitrogens with one attached hydrogen (secondary N) is 1. The van der Waals surface area contributed by atoms with Crippen LogP contribution in [0.5, 0.6) is 0 Å². The SMILES string of the molecule is CC(=CCCNCC(C)C)C1CCCc2cccnc21. The molecule has 1 aromatic rings. The number of hydrogen-bond acceptors (Lipinski definition) is 2. The highest BCUT2D eigenvalue weighted by molar-refractivity contribution is 5.32. The van der Waals surface area contributed by atoms with Crippen molar-refractivity contribution in [2.45, 2.75) is 52.4 Å². The normalized spacial score (nSPS) is 19.2. The van der Waals surface area contributed by atoms with Gasteiger partial charge in [-0.1, -0.05) is 31.6 Å². The summed E-state index contributed by atoms with van der Waals surface area (Å²) in [6.07, 6.45) is 9.21. The van der Waals surface area contributed by atoms with Crippen LogP contribution in [0.4, 0.5) is 0 Å². The Hall–Kier alpha value is -1.15. The minimum Gasteiger partial charge on any atom is -0.316 e. The van der Waals surface area contributed by atoms with Crippen LogP contribution in [0.2, 0.25) is 0 Å². The molecule has 1 unspecified atom stereocenters. The second-order valence-electron chi connectivity index (χ2n) is 6.33. The predicted octanol–water partition coefficient (Wildman–Crippen LogP) is 4.08. The average molecular weight is 272 g/mol. The quantitative estimate of drug-likeness (QED) is 0.623. The molecule has 0 radical (unpaired) electrons. The molecule has 20 heavy (non-hydrogen) atoms. The van der Waals surface area contributed by atoms with Crippen LogP contribution in [0.15, 0.2) is 30.0 Å². The summed E-state index contributed by atoms with van der Waals surface area (Å²) in [5, 5.41) is 3.50. The second-order valence-corrected chi connectivity index (χ2v) is 6.33. The van der Waals surface area contributed by atoms with Crippen LogP contribution in [0, 0.1) is 5.92 Å². The van der Waals surface area contributed by atoms with E-state index < -0.39 is 0 Å². The van der Waals surface area contributed by atoms with Gasteiger partial charge in [-0.05, 0) is 63.2 Å². The summed E-state index contributed by atoms with van der Waals surface area (Å²) in [5.74, 6) is 1.28. The number of aryl methyl sites for hydroxylation is 1. The lowest BCUT2D eigenvalue weighted by Gasteiger charge is -2.25. The molecule has 1 N–H and O–H groups in total. The summed E-state index contributed by atoms with van der Waals surface area (Å²) in [6, 6.07) is 4.31. The molecule has 1 aromatic heterocycles. The first-order chi connectivity index (χ1) is 9.68. The number of rotatable bonds is 6. The van der Waals surface area contributed by atoms with Gasteiger partial charge in [0.05, 0.1) is 5.69 Å². The van der Waals surface area contributed by atoms with Crippen LogP contribution in [-0.2, 0) is 6.42 Å². The second kappa shape index (κ2) is 7.58. The Morgan fingerprint density at radius 2 is 2.35 bits per heavy atom. The first kappa shape index (κ1) is 15.2. The van der Waals surface area contributed by atoms with Crippen molar-refractivity contribution in [2.24, 2.45) is 5.92 Å². The van der Waals surface area contributed by atoms with Crippen molar-refractivity contribution >= 4 is 0 Å². The van der Waals surface area contributed by atoms with E-state index >= 15 is 0 Å². The summed E-state index contributed by atoms with van der Waals surface area (Å²) >= 11 is 0. The third-order valence-corrected chi connectivity index (χ3v) is 4.08. The first-order valence-corrected chi connectivity index (χ1v) is 7.99. The number of aromatic nitrogens is 1. The molecule has 0 bridgehead atoms. The van der Waals surface area contributed by atoms with E-state index in [1.165, 1.54) is 36.1 Å². The number of pyridine rings is 1. The summed E-state index contributed by atoms with van der Waals surface area (Å²) < 4.78 is 0. The van der Waals surface area contributed by atoms with E-state index in [4.69, 9.17) is 0 Å². The van der Waals surface area contributed by atoms with Gasteiger partial charge in [0.2, 0.25) is 0 Å². The minimum atomic E-state index is 0.546. The molecule has 0 spiro atoms. The number of hydrogen-bond donors (Lipinski definition) is 1. The number of fused-ring (bicyclic) bond motifs is 1. The van der Waals surface area contributed by atoms with Gasteiger partial charge in [0.25, 0.3) is 0 Å². The van der Waals surface area contributed by atoms with Gasteiger partial charge in [0.15, 0.2) is 0 Å². The molecule has 0 amide bonds. The third-order valence-electron chi connectivity index (χ3n) is 4.08. The van der Waals surface area contributed by atoms with Crippen LogP contribution in [0.25, 0.3) is 0 Å². The zero-order chi connectivity index (χ0) is 14.4. The molecule has 2 heteroatoms. The monoisotopic (exact) mass is 272 g/mol. The van der Waals surface area contributed by atoms with Crippen LogP contribution < -0.4 is 5.32 Å². The highest BCUT2D eigenvalue weighted by Gasteiger charge is 2.22. The highest BCUT2D eigenvalue weighted by Crippen LogP contribution is 2.34. The fourth-order valence-corrected chi connectivity index (χ4v) is 2.99. The maximum Gasteiger partial charge on any atom is 0.0506 e. The van der Waals surface area contributed by atoms with E-state index in [0.717, 1.165) is 25.4 Å². The van der Waals surface area contributed by atoms with Gasteiger partial charge in [-0.2, -0.15) is 0 Å². The Balaban J connectivity index is 1.91. The molecule has 0 saturated heterocycles. The lowest BCUT2D eigenvalue weighted by Crippen LogP contribution is -2.20. The number of nitrogens with zero attached hydrogens (tertiary/aromatic N) is 1. The van der Waals surface area contributed by atoms with Gasteiger partial charge in [-0.25, -0.2) is 0 Å². The molecule has 0 saturated carbocycles. The highest BCUT2D eigenvalue weighted by atomic mass is 14.8. The Morgan fingerprint density at radius 3 is 3.15 bits per heavy atom. The van der Waals surface area contributed by atoms with E-state index in [1.54, 1.807) is 0 Å². The molecule has 0 aromatic carbocycles. The summed E-state index contributed by atoms with van der Waals surface area (Å²) in [4.78, 5) is 4.63. The van der Waals surface area contributed by atoms with Gasteiger partial charge >= 0.3 is 0 Å². The predicted molar refractivity (Wildman–Crippen MR) is 86.0 cm³/mol. The molecular formula is C18H28N2. The van der Waals surface area contributed by atoms with Gasteiger partial charge in [-0.3, -0.25) is 4.98 Å². The lowest BCUT2D eigenvalue weighted by molar-refractivity contribution is 0.554. The Kier molecular flexibility index (Phi) is 5.78. The smallest absolute Gasteiger partial charge is 0.0506 e. The summed E-state index contributed by atoms with van der Waals surface area (Å²) in [6.45, 7) is 8.96. The van der Waals surface area contributed by atoms with Crippen LogP contribution in [0.1, 0.15) is 57.2 Å². The summed E-state index contributed by atoms with van der Waals surface area (Å²) in [5.41, 5.74) is 4.27. The molecule has 1 atom stereocenters. The molecular weight excluding hydrogens is 244 g/mol. The van der Waals surface area contributed by atoms with Crippen LogP contribution >= 0.6 is 0 Å². The van der Waals surface area contributed by atoms with Crippen molar-refractivity contribution in [3.8, 4) is 0 Å². The Bertz CT molecular complexity index is 448. The summed E-state index contributed by atoms with van der Waals surface area (Å²) in [7, 11) is 0. The van der Waals surface area contributed by atoms with Gasteiger partial charge in [0, 0.05) is 12.1 Å². The standard InChI is InChI=1S/C18H28N2/c1-14(2)13-19-11-5-7-15(3)17-10-4-8-16-9-6-12-20-18(16)17/h6-7,9,12,14,17,19H,4-5,8,10-11,13H2,1-3H3. The average Bonchev–Trinajstić information content (AvgIpc) is 2.45. The third kappa shape index (κ3) is 4.17. The van der Waals surface area contributed by atoms with Crippen molar-refractivity contribution in [3.63, 3.8) is 0 Å².